The van der Waals surface area contributed by atoms with E-state index in [-0.39, 0.29) is 46.1 Å². The molecule has 3 nitrogen and oxygen atoms in total. The summed E-state index contributed by atoms with van der Waals surface area (Å²) in [6, 6.07) is 0. The van der Waals surface area contributed by atoms with Crippen LogP contribution in [0.1, 0.15) is 148 Å². The maximum Gasteiger partial charge on any atom is 0.161 e. The van der Waals surface area contributed by atoms with Gasteiger partial charge in [0.2, 0.25) is 0 Å². The van der Waals surface area contributed by atoms with Crippen molar-refractivity contribution in [2.45, 2.75) is 167 Å². The zero-order chi connectivity index (χ0) is 32.8. The van der Waals surface area contributed by atoms with Crippen molar-refractivity contribution in [2.24, 2.45) is 74.4 Å². The van der Waals surface area contributed by atoms with Crippen LogP contribution in [0.2, 0.25) is 0 Å². The van der Waals surface area contributed by atoms with Crippen LogP contribution < -0.4 is 0 Å². The van der Waals surface area contributed by atoms with E-state index in [0.29, 0.717) is 52.6 Å². The lowest BCUT2D eigenvalue weighted by atomic mass is 9.42. The summed E-state index contributed by atoms with van der Waals surface area (Å²) in [5, 5.41) is 0. The number of hydrogen-bond acceptors (Lipinski definition) is 3. The number of carbonyl (C=O) groups excluding carboxylic acids is 1. The van der Waals surface area contributed by atoms with Gasteiger partial charge in [-0.1, -0.05) is 95.6 Å². The van der Waals surface area contributed by atoms with Crippen molar-refractivity contribution < 1.29 is 14.3 Å². The van der Waals surface area contributed by atoms with E-state index in [4.69, 9.17) is 9.47 Å². The fraction of sp³-hybridized carbons (Fsp3) is 0.927. The van der Waals surface area contributed by atoms with Gasteiger partial charge in [0.15, 0.2) is 12.1 Å². The Morgan fingerprint density at radius 1 is 0.932 bits per heavy atom. The average Bonchev–Trinajstić information content (AvgIpc) is 3.21. The molecule has 14 atom stereocenters. The number of carbonyl (C=O) groups is 1. The molecule has 0 aromatic rings. The van der Waals surface area contributed by atoms with Crippen LogP contribution in [0, 0.1) is 74.4 Å². The lowest BCUT2D eigenvalue weighted by molar-refractivity contribution is -0.274. The van der Waals surface area contributed by atoms with Crippen molar-refractivity contribution in [3.8, 4) is 0 Å². The molecule has 1 heterocycles. The summed E-state index contributed by atoms with van der Waals surface area (Å²) in [6.07, 6.45) is 11.9. The van der Waals surface area contributed by atoms with Gasteiger partial charge in [-0.3, -0.25) is 4.79 Å². The zero-order valence-electron chi connectivity index (χ0n) is 31.3. The minimum atomic E-state index is -0.170. The molecule has 4 aliphatic carbocycles. The third-order valence-electron chi connectivity index (χ3n) is 16.0. The molecule has 44 heavy (non-hydrogen) atoms. The molecule has 0 N–H and O–H groups in total. The monoisotopic (exact) mass is 611 g/mol. The highest BCUT2D eigenvalue weighted by Gasteiger charge is 2.66. The molecule has 1 aliphatic heterocycles. The molecule has 0 radical (unpaired) electrons. The van der Waals surface area contributed by atoms with E-state index in [9.17, 15) is 4.79 Å². The van der Waals surface area contributed by atoms with Crippen molar-refractivity contribution >= 4 is 5.78 Å². The van der Waals surface area contributed by atoms with E-state index in [2.05, 4.69) is 103 Å². The average molecular weight is 611 g/mol. The second-order valence-corrected chi connectivity index (χ2v) is 19.7. The molecule has 0 spiro atoms. The van der Waals surface area contributed by atoms with Crippen LogP contribution >= 0.6 is 0 Å². The van der Waals surface area contributed by atoms with Gasteiger partial charge < -0.3 is 9.47 Å². The van der Waals surface area contributed by atoms with Crippen LogP contribution in [-0.2, 0) is 14.3 Å². The first kappa shape index (κ1) is 34.7. The van der Waals surface area contributed by atoms with Crippen LogP contribution in [0.15, 0.2) is 11.6 Å². The van der Waals surface area contributed by atoms with E-state index in [1.54, 1.807) is 0 Å². The molecule has 0 aromatic carbocycles. The van der Waals surface area contributed by atoms with Gasteiger partial charge >= 0.3 is 0 Å². The summed E-state index contributed by atoms with van der Waals surface area (Å²) in [4.78, 5) is 14.3. The number of ether oxygens (including phenoxy) is 2. The first-order valence-electron chi connectivity index (χ1n) is 18.7. The molecular formula is C41H70O3. The molecule has 5 aliphatic rings. The minimum absolute atomic E-state index is 0.0204. The van der Waals surface area contributed by atoms with E-state index in [0.717, 1.165) is 12.8 Å². The standard InChI is InChI=1S/C41H70O3/c1-24-23-39(12)30-16-19-41(14)35(38(10,11)25(2)15-18-37(7,8)9)17-20-40(41,13)31(30)21-33(42)32(39)22-34(24)44-36-28(5)26(3)27(4)29(6)43-36/h21,24-30,32,34-36H,15-20,22-23H2,1-14H3/t24-,25+,26?,27?,28?,29?,30?,32-,34+,35+,36?,39+,40-,41+/m0/s1. The number of ketones is 1. The van der Waals surface area contributed by atoms with Crippen molar-refractivity contribution in [3.63, 3.8) is 0 Å². The van der Waals surface area contributed by atoms with Gasteiger partial charge in [0.1, 0.15) is 0 Å². The summed E-state index contributed by atoms with van der Waals surface area (Å²) >= 11 is 0. The predicted molar refractivity (Wildman–Crippen MR) is 183 cm³/mol. The van der Waals surface area contributed by atoms with Crippen molar-refractivity contribution in [1.82, 2.24) is 0 Å². The molecule has 3 saturated carbocycles. The number of hydrogen-bond donors (Lipinski definition) is 0. The van der Waals surface area contributed by atoms with E-state index < -0.39 is 0 Å². The Balaban J connectivity index is 1.38. The quantitative estimate of drug-likeness (QED) is 0.300. The highest BCUT2D eigenvalue weighted by molar-refractivity contribution is 5.94. The van der Waals surface area contributed by atoms with Gasteiger partial charge in [-0.05, 0) is 127 Å². The minimum Gasteiger partial charge on any atom is -0.349 e. The third-order valence-corrected chi connectivity index (χ3v) is 16.0. The third kappa shape index (κ3) is 5.42. The molecule has 0 amide bonds. The van der Waals surface area contributed by atoms with Gasteiger partial charge in [-0.25, -0.2) is 0 Å². The maximum atomic E-state index is 14.3. The lowest BCUT2D eigenvalue weighted by Crippen LogP contribution is -2.58. The summed E-state index contributed by atoms with van der Waals surface area (Å²) in [7, 11) is 0. The van der Waals surface area contributed by atoms with Crippen LogP contribution in [0.5, 0.6) is 0 Å². The second kappa shape index (κ2) is 11.5. The van der Waals surface area contributed by atoms with Gasteiger partial charge in [0.05, 0.1) is 12.2 Å². The Hall–Kier alpha value is -0.670. The van der Waals surface area contributed by atoms with Gasteiger partial charge in [-0.2, -0.15) is 0 Å². The van der Waals surface area contributed by atoms with Crippen molar-refractivity contribution in [2.75, 3.05) is 0 Å². The molecule has 6 unspecified atom stereocenters. The Labute approximate surface area is 272 Å². The molecule has 252 valence electrons. The summed E-state index contributed by atoms with van der Waals surface area (Å²) < 4.78 is 13.3. The van der Waals surface area contributed by atoms with E-state index in [1.165, 1.54) is 44.1 Å². The Morgan fingerprint density at radius 3 is 2.23 bits per heavy atom. The Morgan fingerprint density at radius 2 is 1.59 bits per heavy atom. The van der Waals surface area contributed by atoms with E-state index >= 15 is 0 Å². The summed E-state index contributed by atoms with van der Waals surface area (Å²) in [5.41, 5.74) is 2.56. The largest absolute Gasteiger partial charge is 0.349 e. The summed E-state index contributed by atoms with van der Waals surface area (Å²) in [5.74, 6) is 4.21. The highest BCUT2D eigenvalue weighted by Crippen LogP contribution is 2.74. The summed E-state index contributed by atoms with van der Waals surface area (Å²) in [6.45, 7) is 34.0. The molecule has 3 heteroatoms. The maximum absolute atomic E-state index is 14.3. The van der Waals surface area contributed by atoms with Crippen molar-refractivity contribution in [3.05, 3.63) is 11.6 Å². The topological polar surface area (TPSA) is 35.5 Å². The predicted octanol–water partition coefficient (Wildman–Crippen LogP) is 10.9. The fourth-order valence-corrected chi connectivity index (χ4v) is 11.7. The van der Waals surface area contributed by atoms with Crippen LogP contribution in [0.25, 0.3) is 0 Å². The van der Waals surface area contributed by atoms with Gasteiger partial charge in [-0.15, -0.1) is 0 Å². The smallest absolute Gasteiger partial charge is 0.161 e. The normalized spacial score (nSPS) is 48.7. The van der Waals surface area contributed by atoms with Gasteiger partial charge in [0, 0.05) is 11.8 Å². The van der Waals surface area contributed by atoms with Crippen LogP contribution in [-0.4, -0.2) is 24.3 Å². The molecule has 0 bridgehead atoms. The first-order chi connectivity index (χ1) is 20.2. The second-order valence-electron chi connectivity index (χ2n) is 19.7. The molecule has 5 rings (SSSR count). The van der Waals surface area contributed by atoms with Crippen molar-refractivity contribution in [1.29, 1.82) is 0 Å². The van der Waals surface area contributed by atoms with Crippen LogP contribution in [0.3, 0.4) is 0 Å². The van der Waals surface area contributed by atoms with Gasteiger partial charge in [0.25, 0.3) is 0 Å². The zero-order valence-corrected chi connectivity index (χ0v) is 31.3. The lowest BCUT2D eigenvalue weighted by Gasteiger charge is -2.62. The molecular weight excluding hydrogens is 540 g/mol. The Kier molecular flexibility index (Phi) is 9.05. The molecule has 1 saturated heterocycles. The SMILES string of the molecule is CC1OC(O[C@@H]2C[C@H]3C(=O)C=C4C(CC[C@]5(C)[C@@H](C(C)(C)[C@H](C)CCC(C)(C)C)CC[C@@]45C)[C@@]3(C)C[C@@H]2C)C(C)C(C)C1C. The Bertz CT molecular complexity index is 1110. The number of rotatable bonds is 6. The van der Waals surface area contributed by atoms with Crippen LogP contribution in [0.4, 0.5) is 0 Å². The fourth-order valence-electron chi connectivity index (χ4n) is 11.7. The molecule has 0 aromatic heterocycles. The first-order valence-corrected chi connectivity index (χ1v) is 18.7. The molecule has 4 fully saturated rings. The van der Waals surface area contributed by atoms with E-state index in [1.807, 2.05) is 0 Å². The highest BCUT2D eigenvalue weighted by atomic mass is 16.7. The number of allylic oxidation sites excluding steroid dienone is 2. The number of fused-ring (bicyclic) bond motifs is 5.